The topological polar surface area (TPSA) is 28.5 Å². The fraction of sp³-hybridized carbons (Fsp3) is 0. The standard InChI is InChI=1S/C46H32N3OP/c50-51(37-23-11-4-12-24-37)48(35-19-7-2-8-20-35)43-30-29-33(31-44(43)49(51)36-21-9-3-10-22-36)41-32-45-46(39-26-14-13-25-38(39)41)40-27-15-16-28-42(40)47(45)34-17-5-1-6-18-34/h1-32H. The summed E-state index contributed by atoms with van der Waals surface area (Å²) in [6.45, 7) is 0. The molecule has 4 nitrogen and oxygen atoms in total. The zero-order valence-corrected chi connectivity index (χ0v) is 28.6. The van der Waals surface area contributed by atoms with Crippen LogP contribution >= 0.6 is 7.44 Å². The minimum Gasteiger partial charge on any atom is -0.309 e. The summed E-state index contributed by atoms with van der Waals surface area (Å²) in [5.74, 6) is 0. The minimum atomic E-state index is -3.47. The predicted molar refractivity (Wildman–Crippen MR) is 215 cm³/mol. The number of aromatic nitrogens is 1. The van der Waals surface area contributed by atoms with E-state index in [1.807, 2.05) is 78.9 Å². The van der Waals surface area contributed by atoms with Crippen molar-refractivity contribution >= 4 is 68.1 Å². The van der Waals surface area contributed by atoms with Gasteiger partial charge in [0.15, 0.2) is 0 Å². The van der Waals surface area contributed by atoms with Gasteiger partial charge in [-0.1, -0.05) is 121 Å². The third-order valence-corrected chi connectivity index (χ3v) is 13.0. The van der Waals surface area contributed by atoms with E-state index in [4.69, 9.17) is 0 Å². The van der Waals surface area contributed by atoms with E-state index in [0.717, 1.165) is 50.4 Å². The van der Waals surface area contributed by atoms with Crippen molar-refractivity contribution in [1.29, 1.82) is 0 Å². The molecule has 8 aromatic carbocycles. The third kappa shape index (κ3) is 4.44. The van der Waals surface area contributed by atoms with Crippen LogP contribution in [-0.2, 0) is 4.57 Å². The summed E-state index contributed by atoms with van der Waals surface area (Å²) < 4.78 is 22.6. The molecule has 242 valence electrons. The van der Waals surface area contributed by atoms with E-state index < -0.39 is 7.44 Å². The van der Waals surface area contributed by atoms with E-state index in [1.165, 1.54) is 27.1 Å². The first-order valence-corrected chi connectivity index (χ1v) is 18.8. The van der Waals surface area contributed by atoms with Crippen LogP contribution in [0, 0.1) is 0 Å². The molecule has 1 aliphatic rings. The first-order valence-electron chi connectivity index (χ1n) is 17.2. The van der Waals surface area contributed by atoms with Crippen LogP contribution in [0.25, 0.3) is 49.4 Å². The van der Waals surface area contributed by atoms with Gasteiger partial charge in [0.2, 0.25) is 0 Å². The number of benzene rings is 8. The highest BCUT2D eigenvalue weighted by Gasteiger charge is 2.49. The average Bonchev–Trinajstić information content (AvgIpc) is 3.68. The van der Waals surface area contributed by atoms with E-state index >= 15 is 4.57 Å². The highest BCUT2D eigenvalue weighted by molar-refractivity contribution is 7.76. The molecule has 0 saturated carbocycles. The maximum atomic E-state index is 16.1. The Morgan fingerprint density at radius 3 is 1.55 bits per heavy atom. The maximum Gasteiger partial charge on any atom is 0.301 e. The SMILES string of the molecule is O=P1(c2ccccc2)N(c2ccccc2)c2ccc(-c3cc4c(c5ccccc35)c3ccccc3n4-c3ccccc3)cc2N1c1ccccc1. The molecule has 0 N–H and O–H groups in total. The van der Waals surface area contributed by atoms with Crippen LogP contribution in [0.4, 0.5) is 22.7 Å². The van der Waals surface area contributed by atoms with Crippen LogP contribution in [0.15, 0.2) is 194 Å². The Morgan fingerprint density at radius 1 is 0.392 bits per heavy atom. The van der Waals surface area contributed by atoms with E-state index in [-0.39, 0.29) is 0 Å². The zero-order chi connectivity index (χ0) is 33.9. The van der Waals surface area contributed by atoms with Crippen LogP contribution in [0.3, 0.4) is 0 Å². The second kappa shape index (κ2) is 11.6. The van der Waals surface area contributed by atoms with Gasteiger partial charge < -0.3 is 4.57 Å². The summed E-state index contributed by atoms with van der Waals surface area (Å²) in [5, 5.41) is 5.62. The first kappa shape index (κ1) is 29.6. The smallest absolute Gasteiger partial charge is 0.301 e. The molecule has 0 radical (unpaired) electrons. The molecule has 9 aromatic rings. The van der Waals surface area contributed by atoms with Gasteiger partial charge in [-0.05, 0) is 94.7 Å². The second-order valence-electron chi connectivity index (χ2n) is 12.9. The molecule has 2 heterocycles. The van der Waals surface area contributed by atoms with Crippen molar-refractivity contribution in [2.75, 3.05) is 9.34 Å². The second-order valence-corrected chi connectivity index (χ2v) is 15.3. The first-order chi connectivity index (χ1) is 25.2. The maximum absolute atomic E-state index is 16.1. The van der Waals surface area contributed by atoms with Crippen molar-refractivity contribution in [2.24, 2.45) is 0 Å². The van der Waals surface area contributed by atoms with Crippen molar-refractivity contribution in [3.05, 3.63) is 194 Å². The van der Waals surface area contributed by atoms with Crippen molar-refractivity contribution in [2.45, 2.75) is 0 Å². The van der Waals surface area contributed by atoms with Crippen LogP contribution in [0.5, 0.6) is 0 Å². The quantitative estimate of drug-likeness (QED) is 0.170. The molecule has 0 fully saturated rings. The molecule has 1 unspecified atom stereocenters. The number of rotatable bonds is 5. The van der Waals surface area contributed by atoms with Crippen molar-refractivity contribution in [3.8, 4) is 16.8 Å². The summed E-state index contributed by atoms with van der Waals surface area (Å²) in [4.78, 5) is 0. The molecular formula is C46H32N3OP. The largest absolute Gasteiger partial charge is 0.309 e. The predicted octanol–water partition coefficient (Wildman–Crippen LogP) is 12.4. The highest BCUT2D eigenvalue weighted by Crippen LogP contribution is 2.70. The lowest BCUT2D eigenvalue weighted by Gasteiger charge is -2.33. The Kier molecular flexibility index (Phi) is 6.74. The van der Waals surface area contributed by atoms with Crippen LogP contribution in [-0.4, -0.2) is 4.57 Å². The summed E-state index contributed by atoms with van der Waals surface area (Å²) in [7, 11) is -3.47. The average molecular weight is 674 g/mol. The van der Waals surface area contributed by atoms with Crippen molar-refractivity contribution < 1.29 is 4.57 Å². The Morgan fingerprint density at radius 2 is 0.902 bits per heavy atom. The molecule has 10 rings (SSSR count). The van der Waals surface area contributed by atoms with E-state index in [1.54, 1.807) is 0 Å². The number of anilines is 4. The number of para-hydroxylation sites is 4. The third-order valence-electron chi connectivity index (χ3n) is 10.1. The summed E-state index contributed by atoms with van der Waals surface area (Å²) >= 11 is 0. The van der Waals surface area contributed by atoms with E-state index in [9.17, 15) is 0 Å². The Bertz CT molecular complexity index is 2780. The summed E-state index contributed by atoms with van der Waals surface area (Å²) in [5.41, 5.74) is 9.21. The van der Waals surface area contributed by atoms with Gasteiger partial charge in [0, 0.05) is 27.8 Å². The molecule has 0 saturated heterocycles. The van der Waals surface area contributed by atoms with Crippen molar-refractivity contribution in [1.82, 2.24) is 4.57 Å². The number of hydrogen-bond donors (Lipinski definition) is 0. The van der Waals surface area contributed by atoms with Gasteiger partial charge >= 0.3 is 7.44 Å². The van der Waals surface area contributed by atoms with Gasteiger partial charge in [-0.15, -0.1) is 0 Å². The van der Waals surface area contributed by atoms with Crippen molar-refractivity contribution in [3.63, 3.8) is 0 Å². The molecule has 0 amide bonds. The fourth-order valence-corrected chi connectivity index (χ4v) is 10.9. The van der Waals surface area contributed by atoms with Crippen LogP contribution < -0.4 is 14.6 Å². The monoisotopic (exact) mass is 673 g/mol. The Balaban J connectivity index is 1.28. The molecule has 0 bridgehead atoms. The molecular weight excluding hydrogens is 642 g/mol. The van der Waals surface area contributed by atoms with Gasteiger partial charge in [0.05, 0.1) is 27.7 Å². The lowest BCUT2D eigenvalue weighted by molar-refractivity contribution is 0.582. The highest BCUT2D eigenvalue weighted by atomic mass is 31.2. The van der Waals surface area contributed by atoms with Gasteiger partial charge in [-0.2, -0.15) is 0 Å². The van der Waals surface area contributed by atoms with Gasteiger partial charge in [0.25, 0.3) is 0 Å². The van der Waals surface area contributed by atoms with Gasteiger partial charge in [-0.3, -0.25) is 13.9 Å². The molecule has 0 aliphatic carbocycles. The van der Waals surface area contributed by atoms with Gasteiger partial charge in [-0.25, -0.2) is 0 Å². The lowest BCUT2D eigenvalue weighted by Crippen LogP contribution is -2.26. The van der Waals surface area contributed by atoms with Gasteiger partial charge in [0.1, 0.15) is 0 Å². The number of fused-ring (bicyclic) bond motifs is 6. The molecule has 1 aromatic heterocycles. The number of hydrogen-bond acceptors (Lipinski definition) is 1. The molecule has 51 heavy (non-hydrogen) atoms. The summed E-state index contributed by atoms with van der Waals surface area (Å²) in [6, 6.07) is 67.1. The zero-order valence-electron chi connectivity index (χ0n) is 27.7. The molecule has 1 atom stereocenters. The summed E-state index contributed by atoms with van der Waals surface area (Å²) in [6.07, 6.45) is 0. The minimum absolute atomic E-state index is 0.773. The van der Waals surface area contributed by atoms with Crippen LogP contribution in [0.1, 0.15) is 0 Å². The van der Waals surface area contributed by atoms with Crippen LogP contribution in [0.2, 0.25) is 0 Å². The van der Waals surface area contributed by atoms with E-state index in [2.05, 4.69) is 129 Å². The normalized spacial score (nSPS) is 15.5. The Labute approximate surface area is 296 Å². The molecule has 0 spiro atoms. The van der Waals surface area contributed by atoms with E-state index in [0.29, 0.717) is 0 Å². The Hall–Kier alpha value is -6.35. The molecule has 1 aliphatic heterocycles. The lowest BCUT2D eigenvalue weighted by atomic mass is 9.94. The fourth-order valence-electron chi connectivity index (χ4n) is 7.93. The number of nitrogens with zero attached hydrogens (tertiary/aromatic N) is 3. The molecule has 5 heteroatoms.